The van der Waals surface area contributed by atoms with E-state index in [1.807, 2.05) is 19.1 Å². The average Bonchev–Trinajstić information content (AvgIpc) is 3.68. The van der Waals surface area contributed by atoms with Crippen LogP contribution in [0.5, 0.6) is 11.5 Å². The fraction of sp³-hybridized carbons (Fsp3) is 0.532. The van der Waals surface area contributed by atoms with Gasteiger partial charge in [0.15, 0.2) is 0 Å². The highest BCUT2D eigenvalue weighted by molar-refractivity contribution is 7.90. The summed E-state index contributed by atoms with van der Waals surface area (Å²) in [5.74, 6) is -0.217. The molecular weight excluding hydrogens is 807 g/mol. The average molecular weight is 866 g/mol. The number of aromatic nitrogens is 2. The molecule has 1 saturated heterocycles. The molecule has 2 aromatic carbocycles. The number of carbonyl (C=O) groups is 1. The van der Waals surface area contributed by atoms with E-state index in [1.54, 1.807) is 35.5 Å². The summed E-state index contributed by atoms with van der Waals surface area (Å²) in [7, 11) is -4.56. The molecule has 1 aliphatic heterocycles. The summed E-state index contributed by atoms with van der Waals surface area (Å²) in [6.45, 7) is 13.9. The molecule has 0 atom stereocenters. The zero-order chi connectivity index (χ0) is 43.7. The Balaban J connectivity index is 0.913. The molecule has 5 fully saturated rings. The van der Waals surface area contributed by atoms with E-state index in [0.717, 1.165) is 62.7 Å². The van der Waals surface area contributed by atoms with Crippen molar-refractivity contribution in [3.05, 3.63) is 87.7 Å². The molecule has 0 radical (unpaired) electrons. The maximum Gasteiger partial charge on any atom is 0.293 e. The molecule has 10 rings (SSSR count). The molecule has 0 unspecified atom stereocenters. The van der Waals surface area contributed by atoms with E-state index >= 15 is 0 Å². The van der Waals surface area contributed by atoms with Crippen LogP contribution in [0.15, 0.2) is 77.0 Å². The maximum atomic E-state index is 13.9. The largest absolute Gasteiger partial charge is 0.455 e. The SMILES string of the molecule is CC1(C)CCC(CN2CCN(c3ccc(C(=O)NS(=O)(=O)c4ccc(NCC5CCC(C)(O)CC5)c([N+](=O)[O-])c4)c(Oc4cnc5[nH]ccc5c4)c3)CC2)=C(C23CC(C)(C2)C3)C1. The van der Waals surface area contributed by atoms with Gasteiger partial charge in [-0.2, -0.15) is 0 Å². The van der Waals surface area contributed by atoms with Gasteiger partial charge in [-0.15, -0.1) is 0 Å². The summed E-state index contributed by atoms with van der Waals surface area (Å²) < 4.78 is 35.9. The van der Waals surface area contributed by atoms with Crippen molar-refractivity contribution in [2.45, 2.75) is 102 Å². The number of piperazine rings is 1. The van der Waals surface area contributed by atoms with Gasteiger partial charge in [-0.1, -0.05) is 31.9 Å². The Bertz CT molecular complexity index is 2530. The second kappa shape index (κ2) is 15.7. The van der Waals surface area contributed by atoms with Crippen LogP contribution in [0.25, 0.3) is 11.0 Å². The molecule has 6 aliphatic rings. The lowest BCUT2D eigenvalue weighted by Crippen LogP contribution is -2.61. The van der Waals surface area contributed by atoms with Crippen LogP contribution in [0.4, 0.5) is 17.1 Å². The van der Waals surface area contributed by atoms with Gasteiger partial charge in [-0.05, 0) is 130 Å². The quantitative estimate of drug-likeness (QED) is 0.0574. The Morgan fingerprint density at radius 3 is 2.45 bits per heavy atom. The third-order valence-electron chi connectivity index (χ3n) is 14.6. The van der Waals surface area contributed by atoms with Crippen LogP contribution < -0.4 is 19.7 Å². The summed E-state index contributed by atoms with van der Waals surface area (Å²) in [4.78, 5) is 37.4. The third-order valence-corrected chi connectivity index (χ3v) is 15.9. The highest BCUT2D eigenvalue weighted by atomic mass is 32.2. The number of carbonyl (C=O) groups excluding carboxylic acids is 1. The molecule has 4 saturated carbocycles. The number of ether oxygens (including phenoxy) is 1. The summed E-state index contributed by atoms with van der Waals surface area (Å²) >= 11 is 0. The van der Waals surface area contributed by atoms with Gasteiger partial charge in [0.1, 0.15) is 22.8 Å². The molecule has 62 heavy (non-hydrogen) atoms. The minimum Gasteiger partial charge on any atom is -0.455 e. The highest BCUT2D eigenvalue weighted by Gasteiger charge is 2.66. The lowest BCUT2D eigenvalue weighted by molar-refractivity contribution is -0.384. The molecule has 4 aromatic rings. The number of hydrogen-bond acceptors (Lipinski definition) is 11. The first kappa shape index (κ1) is 42.3. The molecule has 1 amide bonds. The van der Waals surface area contributed by atoms with E-state index in [0.29, 0.717) is 47.0 Å². The highest BCUT2D eigenvalue weighted by Crippen LogP contribution is 2.77. The molecule has 2 bridgehead atoms. The smallest absolute Gasteiger partial charge is 0.293 e. The number of nitrogens with zero attached hydrogens (tertiary/aromatic N) is 4. The van der Waals surface area contributed by atoms with Crippen LogP contribution in [0, 0.1) is 32.3 Å². The summed E-state index contributed by atoms with van der Waals surface area (Å²) in [5, 5.41) is 26.4. The van der Waals surface area contributed by atoms with E-state index < -0.39 is 37.0 Å². The van der Waals surface area contributed by atoms with Crippen molar-refractivity contribution in [2.75, 3.05) is 49.5 Å². The van der Waals surface area contributed by atoms with Crippen molar-refractivity contribution in [1.82, 2.24) is 19.6 Å². The number of H-pyrrole nitrogens is 1. The topological polar surface area (TPSA) is 183 Å². The number of aliphatic hydroxyl groups is 1. The van der Waals surface area contributed by atoms with Crippen LogP contribution in [-0.2, 0) is 10.0 Å². The number of aromatic amines is 1. The summed E-state index contributed by atoms with van der Waals surface area (Å²) in [6.07, 6.45) is 13.8. The van der Waals surface area contributed by atoms with Gasteiger partial charge < -0.3 is 25.0 Å². The van der Waals surface area contributed by atoms with Crippen LogP contribution in [0.3, 0.4) is 0 Å². The number of allylic oxidation sites excluding steroid dienone is 1. The van der Waals surface area contributed by atoms with E-state index in [1.165, 1.54) is 56.9 Å². The Morgan fingerprint density at radius 1 is 1.00 bits per heavy atom. The Kier molecular flexibility index (Phi) is 10.7. The maximum absolute atomic E-state index is 13.9. The standard InChI is InChI=1S/C47H59N7O7S/c1-44(2)13-11-33(38(24-44)47-28-45(3,29-47)30-47)27-52-17-19-53(20-18-52)34-5-7-37(41(22-34)61-35-21-32-12-16-48-42(32)50-26-35)43(55)51-62(59,60)36-6-8-39(40(23-36)54(57)58)49-25-31-9-14-46(4,56)15-10-31/h5-8,12,16,21-23,26,31,49,56H,9-11,13-15,17-20,24-25,27-30H2,1-4H3,(H,48,50)(H,51,55). The van der Waals surface area contributed by atoms with Crippen LogP contribution >= 0.6 is 0 Å². The first-order valence-electron chi connectivity index (χ1n) is 22.1. The van der Waals surface area contributed by atoms with E-state index in [9.17, 15) is 28.4 Å². The molecule has 5 aliphatic carbocycles. The van der Waals surface area contributed by atoms with Crippen molar-refractivity contribution >= 4 is 44.0 Å². The molecule has 2 aromatic heterocycles. The minimum absolute atomic E-state index is 0.0217. The van der Waals surface area contributed by atoms with Crippen LogP contribution in [0.2, 0.25) is 0 Å². The van der Waals surface area contributed by atoms with Crippen molar-refractivity contribution in [3.63, 3.8) is 0 Å². The van der Waals surface area contributed by atoms with Gasteiger partial charge >= 0.3 is 0 Å². The lowest BCUT2D eigenvalue weighted by atomic mass is 9.33. The molecule has 14 nitrogen and oxygen atoms in total. The van der Waals surface area contributed by atoms with Crippen LogP contribution in [0.1, 0.15) is 102 Å². The van der Waals surface area contributed by atoms with Crippen molar-refractivity contribution in [2.24, 2.45) is 22.2 Å². The van der Waals surface area contributed by atoms with Crippen molar-refractivity contribution < 1.29 is 28.0 Å². The molecule has 330 valence electrons. The second-order valence-corrected chi connectivity index (χ2v) is 22.1. The minimum atomic E-state index is -4.56. The monoisotopic (exact) mass is 865 g/mol. The zero-order valence-electron chi connectivity index (χ0n) is 36.3. The molecule has 0 spiro atoms. The Morgan fingerprint density at radius 2 is 1.74 bits per heavy atom. The lowest BCUT2D eigenvalue weighted by Gasteiger charge is -2.72. The summed E-state index contributed by atoms with van der Waals surface area (Å²) in [5.41, 5.74) is 5.35. The van der Waals surface area contributed by atoms with E-state index in [2.05, 4.69) is 50.6 Å². The molecule has 4 N–H and O–H groups in total. The van der Waals surface area contributed by atoms with Crippen molar-refractivity contribution in [1.29, 1.82) is 0 Å². The van der Waals surface area contributed by atoms with Gasteiger partial charge in [0.2, 0.25) is 0 Å². The van der Waals surface area contributed by atoms with Gasteiger partial charge in [-0.3, -0.25) is 19.8 Å². The van der Waals surface area contributed by atoms with E-state index in [-0.39, 0.29) is 22.9 Å². The van der Waals surface area contributed by atoms with Gasteiger partial charge in [-0.25, -0.2) is 18.1 Å². The number of pyridine rings is 1. The number of nitro groups is 1. The number of nitro benzene ring substituents is 1. The molecular formula is C47H59N7O7S. The number of sulfonamides is 1. The zero-order valence-corrected chi connectivity index (χ0v) is 37.1. The van der Waals surface area contributed by atoms with Gasteiger partial charge in [0.25, 0.3) is 21.6 Å². The molecule has 15 heteroatoms. The molecule has 3 heterocycles. The van der Waals surface area contributed by atoms with E-state index in [4.69, 9.17) is 4.74 Å². The Labute approximate surface area is 363 Å². The van der Waals surface area contributed by atoms with Crippen LogP contribution in [-0.4, -0.2) is 84.1 Å². The number of amides is 1. The summed E-state index contributed by atoms with van der Waals surface area (Å²) in [6, 6.07) is 12.3. The second-order valence-electron chi connectivity index (χ2n) is 20.4. The first-order valence-corrected chi connectivity index (χ1v) is 23.6. The fourth-order valence-corrected chi connectivity index (χ4v) is 12.2. The van der Waals surface area contributed by atoms with Gasteiger partial charge in [0, 0.05) is 68.7 Å². The number of nitrogens with one attached hydrogen (secondary N) is 3. The predicted octanol–water partition coefficient (Wildman–Crippen LogP) is 8.55. The van der Waals surface area contributed by atoms with Crippen molar-refractivity contribution in [3.8, 4) is 11.5 Å². The number of anilines is 2. The normalized spacial score (nSPS) is 27.3. The Hall–Kier alpha value is -4.99. The fourth-order valence-electron chi connectivity index (χ4n) is 11.2. The first-order chi connectivity index (χ1) is 29.4. The third kappa shape index (κ3) is 8.55. The van der Waals surface area contributed by atoms with Gasteiger partial charge in [0.05, 0.1) is 27.2 Å². The number of rotatable bonds is 13. The number of benzene rings is 2. The number of fused-ring (bicyclic) bond motifs is 1. The number of hydrogen-bond donors (Lipinski definition) is 4. The predicted molar refractivity (Wildman–Crippen MR) is 239 cm³/mol.